The summed E-state index contributed by atoms with van der Waals surface area (Å²) in [6.45, 7) is 4.80. The monoisotopic (exact) mass is 345 g/mol. The van der Waals surface area contributed by atoms with Crippen molar-refractivity contribution in [2.75, 3.05) is 12.4 Å². The van der Waals surface area contributed by atoms with Crippen LogP contribution in [0, 0.1) is 12.8 Å². The molecule has 0 aliphatic heterocycles. The Balaban J connectivity index is 2.61. The van der Waals surface area contributed by atoms with Gasteiger partial charge in [-0.2, -0.15) is 0 Å². The van der Waals surface area contributed by atoms with Crippen molar-refractivity contribution >= 4 is 33.4 Å². The second-order valence-electron chi connectivity index (χ2n) is 4.80. The summed E-state index contributed by atoms with van der Waals surface area (Å²) in [5.74, 6) is 1.12. The first-order valence-electron chi connectivity index (χ1n) is 6.68. The molecule has 0 aliphatic rings. The highest BCUT2D eigenvalue weighted by Gasteiger charge is 2.12. The largest absolute Gasteiger partial charge is 0.352 e. The summed E-state index contributed by atoms with van der Waals surface area (Å²) in [6, 6.07) is 5.75. The number of halogens is 2. The van der Waals surface area contributed by atoms with Crippen molar-refractivity contribution in [2.45, 2.75) is 33.1 Å². The zero-order valence-electron chi connectivity index (χ0n) is 11.5. The predicted octanol–water partition coefficient (Wildman–Crippen LogP) is 4.53. The first kappa shape index (κ1) is 16.5. The van der Waals surface area contributed by atoms with Gasteiger partial charge in [0.1, 0.15) is 0 Å². The van der Waals surface area contributed by atoms with Crippen molar-refractivity contribution in [3.05, 3.63) is 33.8 Å². The first-order chi connectivity index (χ1) is 9.08. The Hall–Kier alpha value is -0.540. The fourth-order valence-corrected chi connectivity index (χ4v) is 2.75. The van der Waals surface area contributed by atoms with Gasteiger partial charge >= 0.3 is 0 Å². The molecule has 0 saturated carbocycles. The third-order valence-electron chi connectivity index (χ3n) is 3.21. The van der Waals surface area contributed by atoms with E-state index in [1.54, 1.807) is 0 Å². The molecule has 1 amide bonds. The average Bonchev–Trinajstić information content (AvgIpc) is 2.39. The Labute approximate surface area is 129 Å². The van der Waals surface area contributed by atoms with Crippen molar-refractivity contribution in [1.29, 1.82) is 0 Å². The van der Waals surface area contributed by atoms with Gasteiger partial charge in [0.2, 0.25) is 0 Å². The Morgan fingerprint density at radius 3 is 2.79 bits per heavy atom. The van der Waals surface area contributed by atoms with Crippen molar-refractivity contribution in [3.63, 3.8) is 0 Å². The first-order valence-corrected chi connectivity index (χ1v) is 8.01. The summed E-state index contributed by atoms with van der Waals surface area (Å²) >= 11 is 9.19. The van der Waals surface area contributed by atoms with Crippen LogP contribution in [-0.2, 0) is 0 Å². The molecule has 1 aromatic rings. The van der Waals surface area contributed by atoms with Gasteiger partial charge in [0.15, 0.2) is 0 Å². The molecule has 0 aliphatic carbocycles. The molecule has 1 rings (SSSR count). The number of alkyl halides is 1. The van der Waals surface area contributed by atoms with Crippen LogP contribution in [0.5, 0.6) is 0 Å². The molecule has 2 nitrogen and oxygen atoms in total. The summed E-state index contributed by atoms with van der Waals surface area (Å²) in [4.78, 5) is 12.2. The number of amides is 1. The van der Waals surface area contributed by atoms with E-state index in [2.05, 4.69) is 28.2 Å². The van der Waals surface area contributed by atoms with Gasteiger partial charge in [0.05, 0.1) is 0 Å². The molecule has 19 heavy (non-hydrogen) atoms. The van der Waals surface area contributed by atoms with E-state index < -0.39 is 0 Å². The average molecular weight is 347 g/mol. The predicted molar refractivity (Wildman–Crippen MR) is 84.9 cm³/mol. The minimum absolute atomic E-state index is 0.00512. The van der Waals surface area contributed by atoms with Crippen molar-refractivity contribution in [2.24, 2.45) is 5.92 Å². The molecule has 4 heteroatoms. The lowest BCUT2D eigenvalue weighted by Gasteiger charge is -2.16. The van der Waals surface area contributed by atoms with Crippen molar-refractivity contribution < 1.29 is 4.79 Å². The number of hydrogen-bond acceptors (Lipinski definition) is 1. The fourth-order valence-electron chi connectivity index (χ4n) is 2.08. The normalized spacial score (nSPS) is 12.2. The van der Waals surface area contributed by atoms with Crippen LogP contribution in [0.3, 0.4) is 0 Å². The maximum atomic E-state index is 12.2. The number of nitrogens with one attached hydrogen (secondary N) is 1. The molecule has 0 bridgehead atoms. The molecule has 0 radical (unpaired) electrons. The van der Waals surface area contributed by atoms with E-state index >= 15 is 0 Å². The molecule has 0 saturated heterocycles. The molecule has 1 aromatic carbocycles. The number of carbonyl (C=O) groups excluding carboxylic acids is 1. The smallest absolute Gasteiger partial charge is 0.251 e. The van der Waals surface area contributed by atoms with Crippen LogP contribution in [0.2, 0.25) is 0 Å². The van der Waals surface area contributed by atoms with Gasteiger partial charge in [0, 0.05) is 22.5 Å². The van der Waals surface area contributed by atoms with E-state index in [4.69, 9.17) is 11.6 Å². The van der Waals surface area contributed by atoms with Crippen molar-refractivity contribution in [1.82, 2.24) is 5.32 Å². The Bertz CT molecular complexity index is 417. The lowest BCUT2D eigenvalue weighted by atomic mass is 10.0. The standard InChI is InChI=1S/C15H21BrClNO/c1-3-4-12(7-8-17)10-18-15(19)14-9-13(16)6-5-11(14)2/h5-6,9,12H,3-4,7-8,10H2,1-2H3,(H,18,19). The Morgan fingerprint density at radius 2 is 2.16 bits per heavy atom. The van der Waals surface area contributed by atoms with E-state index in [1.807, 2.05) is 25.1 Å². The minimum Gasteiger partial charge on any atom is -0.352 e. The number of aryl methyl sites for hydroxylation is 1. The van der Waals surface area contributed by atoms with E-state index in [-0.39, 0.29) is 5.91 Å². The van der Waals surface area contributed by atoms with Gasteiger partial charge in [-0.1, -0.05) is 35.3 Å². The zero-order valence-corrected chi connectivity index (χ0v) is 13.9. The second-order valence-corrected chi connectivity index (χ2v) is 6.10. The molecule has 0 aromatic heterocycles. The number of benzene rings is 1. The van der Waals surface area contributed by atoms with Crippen LogP contribution in [0.25, 0.3) is 0 Å². The summed E-state index contributed by atoms with van der Waals surface area (Å²) in [5, 5.41) is 3.02. The Kier molecular flexibility index (Phi) is 7.47. The SMILES string of the molecule is CCCC(CCCl)CNC(=O)c1cc(Br)ccc1C. The molecule has 0 heterocycles. The lowest BCUT2D eigenvalue weighted by Crippen LogP contribution is -2.30. The molecular weight excluding hydrogens is 326 g/mol. The summed E-state index contributed by atoms with van der Waals surface area (Å²) in [5.41, 5.74) is 1.72. The van der Waals surface area contributed by atoms with Gasteiger partial charge in [-0.3, -0.25) is 4.79 Å². The van der Waals surface area contributed by atoms with Gasteiger partial charge in [-0.15, -0.1) is 11.6 Å². The summed E-state index contributed by atoms with van der Waals surface area (Å²) in [6.07, 6.45) is 3.17. The van der Waals surface area contributed by atoms with Crippen molar-refractivity contribution in [3.8, 4) is 0 Å². The quantitative estimate of drug-likeness (QED) is 0.722. The highest BCUT2D eigenvalue weighted by Crippen LogP contribution is 2.16. The molecular formula is C15H21BrClNO. The zero-order chi connectivity index (χ0) is 14.3. The lowest BCUT2D eigenvalue weighted by molar-refractivity contribution is 0.0945. The highest BCUT2D eigenvalue weighted by atomic mass is 79.9. The van der Waals surface area contributed by atoms with E-state index in [1.165, 1.54) is 0 Å². The number of rotatable bonds is 7. The summed E-state index contributed by atoms with van der Waals surface area (Å²) < 4.78 is 0.925. The van der Waals surface area contributed by atoms with Crippen LogP contribution in [0.4, 0.5) is 0 Å². The molecule has 106 valence electrons. The van der Waals surface area contributed by atoms with Crippen LogP contribution < -0.4 is 5.32 Å². The topological polar surface area (TPSA) is 29.1 Å². The van der Waals surface area contributed by atoms with Crippen LogP contribution in [0.1, 0.15) is 42.1 Å². The van der Waals surface area contributed by atoms with Crippen LogP contribution in [0.15, 0.2) is 22.7 Å². The van der Waals surface area contributed by atoms with Gasteiger partial charge in [-0.05, 0) is 43.4 Å². The van der Waals surface area contributed by atoms with E-state index in [0.29, 0.717) is 18.3 Å². The maximum Gasteiger partial charge on any atom is 0.251 e. The van der Waals surface area contributed by atoms with E-state index in [9.17, 15) is 4.79 Å². The molecule has 0 fully saturated rings. The third-order valence-corrected chi connectivity index (χ3v) is 3.92. The minimum atomic E-state index is -0.00512. The molecule has 1 N–H and O–H groups in total. The maximum absolute atomic E-state index is 12.2. The number of carbonyl (C=O) groups is 1. The van der Waals surface area contributed by atoms with E-state index in [0.717, 1.165) is 34.9 Å². The molecule has 1 atom stereocenters. The van der Waals surface area contributed by atoms with Gasteiger partial charge < -0.3 is 5.32 Å². The van der Waals surface area contributed by atoms with Crippen LogP contribution >= 0.6 is 27.5 Å². The Morgan fingerprint density at radius 1 is 1.42 bits per heavy atom. The number of hydrogen-bond donors (Lipinski definition) is 1. The fraction of sp³-hybridized carbons (Fsp3) is 0.533. The third kappa shape index (κ3) is 5.53. The van der Waals surface area contributed by atoms with Crippen LogP contribution in [-0.4, -0.2) is 18.3 Å². The summed E-state index contributed by atoms with van der Waals surface area (Å²) in [7, 11) is 0. The van der Waals surface area contributed by atoms with Gasteiger partial charge in [-0.25, -0.2) is 0 Å². The van der Waals surface area contributed by atoms with Gasteiger partial charge in [0.25, 0.3) is 5.91 Å². The molecule has 1 unspecified atom stereocenters. The second kappa shape index (κ2) is 8.60. The molecule has 0 spiro atoms. The highest BCUT2D eigenvalue weighted by molar-refractivity contribution is 9.10.